The van der Waals surface area contributed by atoms with Gasteiger partial charge in [0.1, 0.15) is 11.5 Å². The lowest BCUT2D eigenvalue weighted by Gasteiger charge is -2.16. The molecule has 1 fully saturated rings. The highest BCUT2D eigenvalue weighted by atomic mass is 16.2. The van der Waals surface area contributed by atoms with Crippen molar-refractivity contribution in [1.29, 1.82) is 0 Å². The number of aryl methyl sites for hydroxylation is 3. The van der Waals surface area contributed by atoms with Crippen LogP contribution in [0.5, 0.6) is 0 Å². The molecule has 3 heterocycles. The zero-order valence-electron chi connectivity index (χ0n) is 12.6. The number of likely N-dealkylation sites (tertiary alicyclic amines) is 1. The number of carbonyl (C=O) groups is 1. The molecule has 2 aromatic heterocycles. The van der Waals surface area contributed by atoms with Crippen LogP contribution in [0.15, 0.2) is 18.3 Å². The first-order chi connectivity index (χ1) is 10.0. The molecule has 3 rings (SSSR count). The van der Waals surface area contributed by atoms with Gasteiger partial charge in [0.15, 0.2) is 0 Å². The van der Waals surface area contributed by atoms with Crippen molar-refractivity contribution >= 4 is 5.91 Å². The van der Waals surface area contributed by atoms with Gasteiger partial charge in [0.25, 0.3) is 5.91 Å². The van der Waals surface area contributed by atoms with E-state index in [9.17, 15) is 4.79 Å². The monoisotopic (exact) mass is 285 g/mol. The van der Waals surface area contributed by atoms with Crippen LogP contribution in [0.3, 0.4) is 0 Å². The van der Waals surface area contributed by atoms with Crippen LogP contribution in [0, 0.1) is 13.8 Å². The lowest BCUT2D eigenvalue weighted by Crippen LogP contribution is -2.30. The molecule has 0 aromatic carbocycles. The van der Waals surface area contributed by atoms with Gasteiger partial charge in [-0.3, -0.25) is 9.48 Å². The first-order valence-corrected chi connectivity index (χ1v) is 7.14. The molecule has 0 N–H and O–H groups in total. The Kier molecular flexibility index (Phi) is 3.45. The number of hydrogen-bond donors (Lipinski definition) is 0. The van der Waals surface area contributed by atoms with Crippen molar-refractivity contribution < 1.29 is 4.79 Å². The Morgan fingerprint density at radius 2 is 2.00 bits per heavy atom. The molecule has 6 heteroatoms. The fourth-order valence-corrected chi connectivity index (χ4v) is 2.84. The fourth-order valence-electron chi connectivity index (χ4n) is 2.84. The second-order valence-electron chi connectivity index (χ2n) is 5.59. The van der Waals surface area contributed by atoms with E-state index in [0.29, 0.717) is 12.2 Å². The zero-order valence-corrected chi connectivity index (χ0v) is 12.6. The van der Waals surface area contributed by atoms with Gasteiger partial charge in [-0.1, -0.05) is 0 Å². The lowest BCUT2D eigenvalue weighted by molar-refractivity contribution is 0.0779. The molecule has 1 aliphatic rings. The van der Waals surface area contributed by atoms with Gasteiger partial charge in [-0.25, -0.2) is 9.97 Å². The molecular weight excluding hydrogens is 266 g/mol. The SMILES string of the molecule is Cc1cc(C)nc([C@@H]2CCN(C(=O)c3ccnn3C)C2)n1. The van der Waals surface area contributed by atoms with Crippen LogP contribution >= 0.6 is 0 Å². The Labute approximate surface area is 123 Å². The molecule has 0 aliphatic carbocycles. The van der Waals surface area contributed by atoms with E-state index in [4.69, 9.17) is 0 Å². The maximum atomic E-state index is 12.5. The standard InChI is InChI=1S/C15H19N5O/c1-10-8-11(2)18-14(17-10)12-5-7-20(9-12)15(21)13-4-6-16-19(13)3/h4,6,8,12H,5,7,9H2,1-3H3/t12-/m1/s1. The van der Waals surface area contributed by atoms with Crippen molar-refractivity contribution in [2.24, 2.45) is 7.05 Å². The van der Waals surface area contributed by atoms with Crippen LogP contribution in [0.2, 0.25) is 0 Å². The second kappa shape index (κ2) is 5.27. The summed E-state index contributed by atoms with van der Waals surface area (Å²) in [5.41, 5.74) is 2.58. The van der Waals surface area contributed by atoms with Crippen LogP contribution in [-0.2, 0) is 7.05 Å². The van der Waals surface area contributed by atoms with Gasteiger partial charge >= 0.3 is 0 Å². The zero-order chi connectivity index (χ0) is 15.0. The maximum absolute atomic E-state index is 12.5. The van der Waals surface area contributed by atoms with Gasteiger partial charge in [0, 0.05) is 43.6 Å². The molecule has 1 atom stereocenters. The van der Waals surface area contributed by atoms with Gasteiger partial charge in [-0.2, -0.15) is 5.10 Å². The summed E-state index contributed by atoms with van der Waals surface area (Å²) in [6, 6.07) is 3.72. The van der Waals surface area contributed by atoms with Crippen LogP contribution in [-0.4, -0.2) is 43.6 Å². The number of hydrogen-bond acceptors (Lipinski definition) is 4. The minimum absolute atomic E-state index is 0.0295. The van der Waals surface area contributed by atoms with Crippen molar-refractivity contribution in [2.75, 3.05) is 13.1 Å². The fraction of sp³-hybridized carbons (Fsp3) is 0.467. The lowest BCUT2D eigenvalue weighted by atomic mass is 10.1. The minimum atomic E-state index is 0.0295. The van der Waals surface area contributed by atoms with E-state index in [-0.39, 0.29) is 11.8 Å². The van der Waals surface area contributed by atoms with Crippen molar-refractivity contribution in [3.05, 3.63) is 41.2 Å². The molecule has 2 aromatic rings. The summed E-state index contributed by atoms with van der Waals surface area (Å²) in [5, 5.41) is 4.05. The van der Waals surface area contributed by atoms with Crippen LogP contribution in [0.25, 0.3) is 0 Å². The summed E-state index contributed by atoms with van der Waals surface area (Å²) in [5.74, 6) is 1.11. The number of carbonyl (C=O) groups excluding carboxylic acids is 1. The predicted octanol–water partition coefficient (Wildman–Crippen LogP) is 1.46. The molecule has 0 saturated carbocycles. The van der Waals surface area contributed by atoms with E-state index in [0.717, 1.165) is 30.2 Å². The summed E-state index contributed by atoms with van der Waals surface area (Å²) in [4.78, 5) is 23.4. The molecule has 0 spiro atoms. The van der Waals surface area contributed by atoms with E-state index in [2.05, 4.69) is 15.1 Å². The molecule has 1 amide bonds. The third-order valence-electron chi connectivity index (χ3n) is 3.88. The molecule has 110 valence electrons. The Morgan fingerprint density at radius 1 is 1.29 bits per heavy atom. The molecule has 0 bridgehead atoms. The minimum Gasteiger partial charge on any atom is -0.337 e. The second-order valence-corrected chi connectivity index (χ2v) is 5.59. The van der Waals surface area contributed by atoms with Gasteiger partial charge < -0.3 is 4.90 Å². The molecule has 21 heavy (non-hydrogen) atoms. The Balaban J connectivity index is 1.76. The average Bonchev–Trinajstić information content (AvgIpc) is 3.05. The third kappa shape index (κ3) is 2.66. The van der Waals surface area contributed by atoms with Crippen LogP contribution < -0.4 is 0 Å². The normalized spacial score (nSPS) is 18.2. The Hall–Kier alpha value is -2.24. The summed E-state index contributed by atoms with van der Waals surface area (Å²) in [6.07, 6.45) is 2.56. The first-order valence-electron chi connectivity index (χ1n) is 7.14. The highest BCUT2D eigenvalue weighted by Gasteiger charge is 2.30. The largest absolute Gasteiger partial charge is 0.337 e. The summed E-state index contributed by atoms with van der Waals surface area (Å²) < 4.78 is 1.61. The maximum Gasteiger partial charge on any atom is 0.272 e. The number of rotatable bonds is 2. The van der Waals surface area contributed by atoms with Crippen molar-refractivity contribution in [3.63, 3.8) is 0 Å². The smallest absolute Gasteiger partial charge is 0.272 e. The molecule has 1 saturated heterocycles. The van der Waals surface area contributed by atoms with Crippen molar-refractivity contribution in [3.8, 4) is 0 Å². The predicted molar refractivity (Wildman–Crippen MR) is 78.0 cm³/mol. The van der Waals surface area contributed by atoms with E-state index < -0.39 is 0 Å². The van der Waals surface area contributed by atoms with Gasteiger partial charge in [-0.05, 0) is 32.4 Å². The van der Waals surface area contributed by atoms with Crippen molar-refractivity contribution in [1.82, 2.24) is 24.6 Å². The topological polar surface area (TPSA) is 63.9 Å². The molecule has 0 unspecified atom stereocenters. The number of amides is 1. The van der Waals surface area contributed by atoms with Crippen LogP contribution in [0.4, 0.5) is 0 Å². The van der Waals surface area contributed by atoms with E-state index in [1.807, 2.05) is 24.8 Å². The number of aromatic nitrogens is 4. The Bertz CT molecular complexity index is 658. The van der Waals surface area contributed by atoms with Crippen LogP contribution in [0.1, 0.15) is 40.0 Å². The van der Waals surface area contributed by atoms with E-state index in [1.54, 1.807) is 24.0 Å². The Morgan fingerprint density at radius 3 is 2.62 bits per heavy atom. The first kappa shape index (κ1) is 13.7. The molecule has 1 aliphatic heterocycles. The van der Waals surface area contributed by atoms with E-state index >= 15 is 0 Å². The van der Waals surface area contributed by atoms with Gasteiger partial charge in [0.2, 0.25) is 0 Å². The quantitative estimate of drug-likeness (QED) is 0.838. The molecule has 6 nitrogen and oxygen atoms in total. The molecule has 0 radical (unpaired) electrons. The number of nitrogens with zero attached hydrogens (tertiary/aromatic N) is 5. The summed E-state index contributed by atoms with van der Waals surface area (Å²) >= 11 is 0. The average molecular weight is 285 g/mol. The molecular formula is C15H19N5O. The third-order valence-corrected chi connectivity index (χ3v) is 3.88. The summed E-state index contributed by atoms with van der Waals surface area (Å²) in [6.45, 7) is 5.37. The van der Waals surface area contributed by atoms with Gasteiger partial charge in [0.05, 0.1) is 0 Å². The highest BCUT2D eigenvalue weighted by molar-refractivity contribution is 5.92. The van der Waals surface area contributed by atoms with Crippen molar-refractivity contribution in [2.45, 2.75) is 26.2 Å². The summed E-state index contributed by atoms with van der Waals surface area (Å²) in [7, 11) is 1.79. The van der Waals surface area contributed by atoms with Gasteiger partial charge in [-0.15, -0.1) is 0 Å². The highest BCUT2D eigenvalue weighted by Crippen LogP contribution is 2.26. The van der Waals surface area contributed by atoms with E-state index in [1.165, 1.54) is 0 Å².